The number of Topliss-reactive ketones (excluding diaryl/α,β-unsaturated/α-hetero) is 1. The minimum absolute atomic E-state index is 0.0141. The number of aromatic amines is 2. The summed E-state index contributed by atoms with van der Waals surface area (Å²) in [6, 6.07) is 5.32. The number of ether oxygens (including phenoxy) is 2. The van der Waals surface area contributed by atoms with Crippen molar-refractivity contribution in [2.45, 2.75) is 32.6 Å². The number of H-pyrrole nitrogens is 2. The Kier molecular flexibility index (Phi) is 4.37. The summed E-state index contributed by atoms with van der Waals surface area (Å²) in [5.41, 5.74) is 0.968. The lowest BCUT2D eigenvalue weighted by Gasteiger charge is -2.38. The molecule has 0 unspecified atom stereocenters. The highest BCUT2D eigenvalue weighted by molar-refractivity contribution is 6.01. The van der Waals surface area contributed by atoms with Crippen LogP contribution >= 0.6 is 0 Å². The molecule has 29 heavy (non-hydrogen) atoms. The molecule has 1 atom stereocenters. The highest BCUT2D eigenvalue weighted by Crippen LogP contribution is 2.48. The summed E-state index contributed by atoms with van der Waals surface area (Å²) < 4.78 is 10.7. The number of allylic oxidation sites excluding steroid dienone is 2. The van der Waals surface area contributed by atoms with Gasteiger partial charge in [0.25, 0.3) is 5.56 Å². The van der Waals surface area contributed by atoms with Crippen LogP contribution in [0.3, 0.4) is 0 Å². The number of carbonyl (C=O) groups is 1. The number of hydrogen-bond acceptors (Lipinski definition) is 6. The molecular weight excluding hydrogens is 374 g/mol. The van der Waals surface area contributed by atoms with Gasteiger partial charge >= 0.3 is 5.69 Å². The standard InChI is InChI=1S/C21H23N3O5/c1-21(2)8-11-16(12(25)9-21)15(10-5-6-13(28-3)14(7-10)29-4)17-18(22-11)23-20(27)24-19(17)26/h5-7,15H,8-9H2,1-4H3,(H3,22,23,24,26,27)/t15-/m1/s1. The van der Waals surface area contributed by atoms with Crippen LogP contribution in [0.15, 0.2) is 39.1 Å². The Hall–Kier alpha value is -3.29. The Morgan fingerprint density at radius 1 is 1.00 bits per heavy atom. The number of methoxy groups -OCH3 is 2. The molecule has 2 heterocycles. The van der Waals surface area contributed by atoms with E-state index in [-0.39, 0.29) is 11.2 Å². The summed E-state index contributed by atoms with van der Waals surface area (Å²) in [5.74, 6) is 0.732. The van der Waals surface area contributed by atoms with E-state index in [2.05, 4.69) is 15.3 Å². The predicted octanol–water partition coefficient (Wildman–Crippen LogP) is 2.28. The zero-order valence-corrected chi connectivity index (χ0v) is 16.8. The normalized spacial score (nSPS) is 19.9. The number of ketones is 1. The van der Waals surface area contributed by atoms with Crippen molar-refractivity contribution in [2.24, 2.45) is 5.41 Å². The van der Waals surface area contributed by atoms with Crippen LogP contribution < -0.4 is 26.0 Å². The van der Waals surface area contributed by atoms with E-state index in [1.807, 2.05) is 19.9 Å². The summed E-state index contributed by atoms with van der Waals surface area (Å²) in [6.07, 6.45) is 1.01. The molecule has 1 aromatic heterocycles. The van der Waals surface area contributed by atoms with Crippen molar-refractivity contribution in [3.05, 3.63) is 61.4 Å². The quantitative estimate of drug-likeness (QED) is 0.732. The lowest BCUT2D eigenvalue weighted by atomic mass is 9.69. The van der Waals surface area contributed by atoms with E-state index in [4.69, 9.17) is 9.47 Å². The van der Waals surface area contributed by atoms with Crippen LogP contribution in [0.2, 0.25) is 0 Å². The number of hydrogen-bond donors (Lipinski definition) is 3. The summed E-state index contributed by atoms with van der Waals surface area (Å²) in [4.78, 5) is 42.7. The van der Waals surface area contributed by atoms with Gasteiger partial charge in [-0.05, 0) is 29.5 Å². The Morgan fingerprint density at radius 3 is 2.41 bits per heavy atom. The third-order valence-electron chi connectivity index (χ3n) is 5.49. The highest BCUT2D eigenvalue weighted by atomic mass is 16.5. The first kappa shape index (κ1) is 19.0. The Morgan fingerprint density at radius 2 is 1.72 bits per heavy atom. The molecule has 152 valence electrons. The van der Waals surface area contributed by atoms with Crippen molar-refractivity contribution in [2.75, 3.05) is 19.5 Å². The molecule has 1 aliphatic carbocycles. The molecule has 8 nitrogen and oxygen atoms in total. The summed E-state index contributed by atoms with van der Waals surface area (Å²) in [6.45, 7) is 4.05. The Bertz CT molecular complexity index is 1160. The fraction of sp³-hybridized carbons (Fsp3) is 0.381. The molecular formula is C21H23N3O5. The molecule has 0 saturated carbocycles. The average Bonchev–Trinajstić information content (AvgIpc) is 2.64. The topological polar surface area (TPSA) is 113 Å². The van der Waals surface area contributed by atoms with Crippen LogP contribution in [0.25, 0.3) is 0 Å². The van der Waals surface area contributed by atoms with Crippen molar-refractivity contribution in [1.82, 2.24) is 9.97 Å². The molecule has 3 N–H and O–H groups in total. The molecule has 0 amide bonds. The first-order chi connectivity index (χ1) is 13.7. The SMILES string of the molecule is COc1ccc([C@@H]2C3=C(CC(C)(C)CC3=O)Nc3[nH]c(=O)[nH]c(=O)c32)cc1OC. The van der Waals surface area contributed by atoms with Crippen LogP contribution in [-0.4, -0.2) is 30.0 Å². The van der Waals surface area contributed by atoms with Gasteiger partial charge in [-0.2, -0.15) is 0 Å². The number of carbonyl (C=O) groups excluding carboxylic acids is 1. The van der Waals surface area contributed by atoms with Gasteiger partial charge < -0.3 is 14.8 Å². The second kappa shape index (κ2) is 6.65. The lowest BCUT2D eigenvalue weighted by molar-refractivity contribution is -0.118. The Balaban J connectivity index is 1.99. The van der Waals surface area contributed by atoms with Crippen molar-refractivity contribution in [1.29, 1.82) is 0 Å². The number of aromatic nitrogens is 2. The van der Waals surface area contributed by atoms with Crippen molar-refractivity contribution < 1.29 is 14.3 Å². The van der Waals surface area contributed by atoms with E-state index in [1.54, 1.807) is 19.2 Å². The van der Waals surface area contributed by atoms with Crippen molar-refractivity contribution in [3.63, 3.8) is 0 Å². The fourth-order valence-electron chi connectivity index (χ4n) is 4.31. The van der Waals surface area contributed by atoms with Crippen LogP contribution in [0, 0.1) is 5.41 Å². The van der Waals surface area contributed by atoms with Gasteiger partial charge in [0.2, 0.25) is 0 Å². The number of anilines is 1. The molecule has 0 fully saturated rings. The van der Waals surface area contributed by atoms with Gasteiger partial charge in [0, 0.05) is 23.6 Å². The zero-order valence-electron chi connectivity index (χ0n) is 16.8. The maximum absolute atomic E-state index is 13.2. The number of nitrogens with one attached hydrogen (secondary N) is 3. The molecule has 2 aromatic rings. The van der Waals surface area contributed by atoms with Crippen LogP contribution in [0.4, 0.5) is 5.82 Å². The summed E-state index contributed by atoms with van der Waals surface area (Å²) >= 11 is 0. The molecule has 1 aromatic carbocycles. The maximum Gasteiger partial charge on any atom is 0.327 e. The predicted molar refractivity (Wildman–Crippen MR) is 108 cm³/mol. The van der Waals surface area contributed by atoms with E-state index in [0.717, 1.165) is 5.70 Å². The van der Waals surface area contributed by atoms with Crippen LogP contribution in [0.1, 0.15) is 43.7 Å². The molecule has 4 rings (SSSR count). The zero-order chi connectivity index (χ0) is 20.9. The molecule has 1 aliphatic heterocycles. The number of rotatable bonds is 3. The minimum atomic E-state index is -0.620. The van der Waals surface area contributed by atoms with Crippen LogP contribution in [-0.2, 0) is 4.79 Å². The Labute approximate surface area is 167 Å². The van der Waals surface area contributed by atoms with Gasteiger partial charge in [0.15, 0.2) is 17.3 Å². The lowest BCUT2D eigenvalue weighted by Crippen LogP contribution is -2.38. The van der Waals surface area contributed by atoms with Gasteiger partial charge in [-0.1, -0.05) is 19.9 Å². The first-order valence-corrected chi connectivity index (χ1v) is 9.36. The third kappa shape index (κ3) is 3.14. The van der Waals surface area contributed by atoms with Crippen molar-refractivity contribution >= 4 is 11.6 Å². The molecule has 0 bridgehead atoms. The molecule has 0 radical (unpaired) electrons. The number of fused-ring (bicyclic) bond motifs is 1. The van der Waals surface area contributed by atoms with E-state index in [1.165, 1.54) is 7.11 Å². The maximum atomic E-state index is 13.2. The molecule has 0 spiro atoms. The van der Waals surface area contributed by atoms with E-state index in [9.17, 15) is 14.4 Å². The van der Waals surface area contributed by atoms with Crippen molar-refractivity contribution in [3.8, 4) is 11.5 Å². The first-order valence-electron chi connectivity index (χ1n) is 9.36. The van der Waals surface area contributed by atoms with E-state index >= 15 is 0 Å². The molecule has 2 aliphatic rings. The van der Waals surface area contributed by atoms with Gasteiger partial charge in [-0.3, -0.25) is 19.6 Å². The fourth-order valence-corrected chi connectivity index (χ4v) is 4.31. The average molecular weight is 397 g/mol. The summed E-state index contributed by atoms with van der Waals surface area (Å²) in [7, 11) is 3.07. The van der Waals surface area contributed by atoms with Gasteiger partial charge in [-0.15, -0.1) is 0 Å². The highest BCUT2D eigenvalue weighted by Gasteiger charge is 2.42. The summed E-state index contributed by atoms with van der Waals surface area (Å²) in [5, 5.41) is 3.14. The second-order valence-corrected chi connectivity index (χ2v) is 8.20. The van der Waals surface area contributed by atoms with E-state index in [0.29, 0.717) is 46.9 Å². The van der Waals surface area contributed by atoms with Gasteiger partial charge in [0.05, 0.1) is 19.8 Å². The largest absolute Gasteiger partial charge is 0.493 e. The number of benzene rings is 1. The smallest absolute Gasteiger partial charge is 0.327 e. The molecule has 0 saturated heterocycles. The third-order valence-corrected chi connectivity index (χ3v) is 5.49. The van der Waals surface area contributed by atoms with Gasteiger partial charge in [-0.25, -0.2) is 4.79 Å². The van der Waals surface area contributed by atoms with E-state index < -0.39 is 17.2 Å². The monoisotopic (exact) mass is 397 g/mol. The van der Waals surface area contributed by atoms with Gasteiger partial charge in [0.1, 0.15) is 5.82 Å². The minimum Gasteiger partial charge on any atom is -0.493 e. The van der Waals surface area contributed by atoms with Crippen LogP contribution in [0.5, 0.6) is 11.5 Å². The molecule has 8 heteroatoms. The second-order valence-electron chi connectivity index (χ2n) is 8.20.